The van der Waals surface area contributed by atoms with Crippen LogP contribution in [0.25, 0.3) is 6.08 Å². The summed E-state index contributed by atoms with van der Waals surface area (Å²) in [5.41, 5.74) is 2.12. The molecule has 1 amide bonds. The van der Waals surface area contributed by atoms with Crippen molar-refractivity contribution in [1.29, 1.82) is 0 Å². The van der Waals surface area contributed by atoms with E-state index in [1.807, 2.05) is 49.3 Å². The lowest BCUT2D eigenvalue weighted by Gasteiger charge is -2.11. The van der Waals surface area contributed by atoms with Gasteiger partial charge in [0.1, 0.15) is 5.76 Å². The molecule has 0 bridgehead atoms. The first-order valence-corrected chi connectivity index (χ1v) is 6.41. The quantitative estimate of drug-likeness (QED) is 0.850. The van der Waals surface area contributed by atoms with E-state index in [0.29, 0.717) is 6.54 Å². The number of hydrogen-bond donors (Lipinski definition) is 1. The van der Waals surface area contributed by atoms with Gasteiger partial charge in [-0.3, -0.25) is 4.79 Å². The molecule has 0 spiro atoms. The average Bonchev–Trinajstić information content (AvgIpc) is 2.96. The topological polar surface area (TPSA) is 45.5 Å². The Morgan fingerprint density at radius 1 is 1.25 bits per heavy atom. The molecular formula is C16H18N2O2. The Morgan fingerprint density at radius 3 is 2.60 bits per heavy atom. The lowest BCUT2D eigenvalue weighted by Crippen LogP contribution is -2.19. The maximum absolute atomic E-state index is 11.6. The van der Waals surface area contributed by atoms with Crippen molar-refractivity contribution in [2.24, 2.45) is 0 Å². The van der Waals surface area contributed by atoms with Crippen molar-refractivity contribution in [2.75, 3.05) is 19.0 Å². The third kappa shape index (κ3) is 4.02. The molecule has 1 heterocycles. The number of anilines is 1. The summed E-state index contributed by atoms with van der Waals surface area (Å²) in [6, 6.07) is 11.6. The van der Waals surface area contributed by atoms with Crippen molar-refractivity contribution in [1.82, 2.24) is 5.32 Å². The molecule has 20 heavy (non-hydrogen) atoms. The van der Waals surface area contributed by atoms with Crippen molar-refractivity contribution in [3.05, 3.63) is 60.1 Å². The summed E-state index contributed by atoms with van der Waals surface area (Å²) in [7, 11) is 3.99. The van der Waals surface area contributed by atoms with E-state index in [1.54, 1.807) is 18.4 Å². The van der Waals surface area contributed by atoms with Gasteiger partial charge in [0.15, 0.2) is 0 Å². The van der Waals surface area contributed by atoms with Gasteiger partial charge >= 0.3 is 0 Å². The van der Waals surface area contributed by atoms with Crippen LogP contribution in [-0.2, 0) is 11.3 Å². The van der Waals surface area contributed by atoms with Crippen molar-refractivity contribution >= 4 is 17.7 Å². The molecule has 0 aliphatic heterocycles. The van der Waals surface area contributed by atoms with E-state index in [1.165, 1.54) is 6.08 Å². The molecule has 0 atom stereocenters. The van der Waals surface area contributed by atoms with Gasteiger partial charge in [0.25, 0.3) is 0 Å². The van der Waals surface area contributed by atoms with Gasteiger partial charge in [-0.25, -0.2) is 0 Å². The minimum atomic E-state index is -0.141. The fourth-order valence-corrected chi connectivity index (χ4v) is 1.70. The summed E-state index contributed by atoms with van der Waals surface area (Å²) in [6.45, 7) is 0.399. The number of nitrogens with one attached hydrogen (secondary N) is 1. The van der Waals surface area contributed by atoms with Crippen molar-refractivity contribution < 1.29 is 9.21 Å². The summed E-state index contributed by atoms with van der Waals surface area (Å²) in [5.74, 6) is 0.597. The van der Waals surface area contributed by atoms with E-state index in [2.05, 4.69) is 5.32 Å². The van der Waals surface area contributed by atoms with Crippen molar-refractivity contribution in [3.8, 4) is 0 Å². The Morgan fingerprint density at radius 2 is 2.00 bits per heavy atom. The van der Waals surface area contributed by atoms with E-state index in [-0.39, 0.29) is 5.91 Å². The zero-order valence-corrected chi connectivity index (χ0v) is 11.7. The summed E-state index contributed by atoms with van der Waals surface area (Å²) in [4.78, 5) is 13.7. The maximum Gasteiger partial charge on any atom is 0.244 e. The Bertz CT molecular complexity index is 569. The molecule has 2 aromatic rings. The minimum absolute atomic E-state index is 0.141. The molecule has 1 N–H and O–H groups in total. The highest BCUT2D eigenvalue weighted by molar-refractivity contribution is 5.91. The van der Waals surface area contributed by atoms with Gasteiger partial charge in [0.05, 0.1) is 12.8 Å². The third-order valence-corrected chi connectivity index (χ3v) is 2.85. The molecule has 0 unspecified atom stereocenters. The largest absolute Gasteiger partial charge is 0.467 e. The smallest absolute Gasteiger partial charge is 0.244 e. The highest BCUT2D eigenvalue weighted by Gasteiger charge is 1.99. The van der Waals surface area contributed by atoms with Gasteiger partial charge in [-0.2, -0.15) is 0 Å². The maximum atomic E-state index is 11.6. The molecule has 1 aromatic heterocycles. The van der Waals surface area contributed by atoms with Crippen molar-refractivity contribution in [3.63, 3.8) is 0 Å². The van der Waals surface area contributed by atoms with E-state index < -0.39 is 0 Å². The highest BCUT2D eigenvalue weighted by Crippen LogP contribution is 2.13. The second-order valence-corrected chi connectivity index (χ2v) is 4.62. The van der Waals surface area contributed by atoms with Gasteiger partial charge in [-0.05, 0) is 35.9 Å². The molecule has 2 rings (SSSR count). The highest BCUT2D eigenvalue weighted by atomic mass is 16.3. The van der Waals surface area contributed by atoms with Crippen molar-refractivity contribution in [2.45, 2.75) is 6.54 Å². The summed E-state index contributed by atoms with van der Waals surface area (Å²) < 4.78 is 5.14. The summed E-state index contributed by atoms with van der Waals surface area (Å²) in [6.07, 6.45) is 4.90. The number of hydrogen-bond acceptors (Lipinski definition) is 3. The number of carbonyl (C=O) groups excluding carboxylic acids is 1. The van der Waals surface area contributed by atoms with Crippen LogP contribution < -0.4 is 10.2 Å². The van der Waals surface area contributed by atoms with Crippen LogP contribution in [0.4, 0.5) is 5.69 Å². The second-order valence-electron chi connectivity index (χ2n) is 4.62. The fourth-order valence-electron chi connectivity index (χ4n) is 1.70. The molecule has 104 valence electrons. The SMILES string of the molecule is CN(C)c1ccc(/C=C/C(=O)NCc2ccco2)cc1. The first-order chi connectivity index (χ1) is 9.65. The van der Waals surface area contributed by atoms with Crippen LogP contribution in [0.2, 0.25) is 0 Å². The molecule has 1 aromatic carbocycles. The molecular weight excluding hydrogens is 252 g/mol. The fraction of sp³-hybridized carbons (Fsp3) is 0.188. The number of carbonyl (C=O) groups is 1. The van der Waals surface area contributed by atoms with Gasteiger partial charge < -0.3 is 14.6 Å². The zero-order valence-electron chi connectivity index (χ0n) is 11.7. The van der Waals surface area contributed by atoms with Crippen LogP contribution in [0.15, 0.2) is 53.2 Å². The molecule has 0 fully saturated rings. The van der Waals surface area contributed by atoms with Crippen LogP contribution in [0.5, 0.6) is 0 Å². The van der Waals surface area contributed by atoms with Gasteiger partial charge in [-0.15, -0.1) is 0 Å². The Labute approximate surface area is 118 Å². The molecule has 0 radical (unpaired) electrons. The zero-order chi connectivity index (χ0) is 14.4. The van der Waals surface area contributed by atoms with Crippen LogP contribution in [0.3, 0.4) is 0 Å². The molecule has 4 heteroatoms. The van der Waals surface area contributed by atoms with Crippen LogP contribution in [0.1, 0.15) is 11.3 Å². The second kappa shape index (κ2) is 6.61. The molecule has 0 aliphatic rings. The Balaban J connectivity index is 1.86. The first-order valence-electron chi connectivity index (χ1n) is 6.41. The van der Waals surface area contributed by atoms with Gasteiger partial charge in [-0.1, -0.05) is 12.1 Å². The summed E-state index contributed by atoms with van der Waals surface area (Å²) in [5, 5.41) is 2.76. The average molecular weight is 270 g/mol. The van der Waals surface area contributed by atoms with Gasteiger partial charge in [0, 0.05) is 25.9 Å². The van der Waals surface area contributed by atoms with E-state index in [9.17, 15) is 4.79 Å². The van der Waals surface area contributed by atoms with E-state index in [0.717, 1.165) is 17.0 Å². The van der Waals surface area contributed by atoms with Crippen LogP contribution in [-0.4, -0.2) is 20.0 Å². The van der Waals surface area contributed by atoms with Crippen LogP contribution >= 0.6 is 0 Å². The number of benzene rings is 1. The monoisotopic (exact) mass is 270 g/mol. The normalized spacial score (nSPS) is 10.7. The van der Waals surface area contributed by atoms with E-state index in [4.69, 9.17) is 4.42 Å². The molecule has 4 nitrogen and oxygen atoms in total. The number of amides is 1. The third-order valence-electron chi connectivity index (χ3n) is 2.85. The Hall–Kier alpha value is -2.49. The molecule has 0 aliphatic carbocycles. The van der Waals surface area contributed by atoms with Gasteiger partial charge in [0.2, 0.25) is 5.91 Å². The number of furan rings is 1. The lowest BCUT2D eigenvalue weighted by molar-refractivity contribution is -0.116. The predicted octanol–water partition coefficient (Wildman–Crippen LogP) is 2.68. The first kappa shape index (κ1) is 13.9. The predicted molar refractivity (Wildman–Crippen MR) is 80.4 cm³/mol. The van der Waals surface area contributed by atoms with E-state index >= 15 is 0 Å². The summed E-state index contributed by atoms with van der Waals surface area (Å²) >= 11 is 0. The molecule has 0 saturated heterocycles. The number of rotatable bonds is 5. The lowest BCUT2D eigenvalue weighted by atomic mass is 10.2. The van der Waals surface area contributed by atoms with Crippen LogP contribution in [0, 0.1) is 0 Å². The Kier molecular flexibility index (Phi) is 4.60. The molecule has 0 saturated carbocycles. The number of nitrogens with zero attached hydrogens (tertiary/aromatic N) is 1. The standard InChI is InChI=1S/C16H18N2O2/c1-18(2)14-8-5-13(6-9-14)7-10-16(19)17-12-15-4-3-11-20-15/h3-11H,12H2,1-2H3,(H,17,19)/b10-7+. The minimum Gasteiger partial charge on any atom is -0.467 e.